The lowest BCUT2D eigenvalue weighted by Gasteiger charge is -2.18. The molecule has 6 nitrogen and oxygen atoms in total. The molecule has 6 heteroatoms. The Morgan fingerprint density at radius 3 is 2.75 bits per heavy atom. The molecule has 2 aromatic carbocycles. The third-order valence-corrected chi connectivity index (χ3v) is 5.94. The van der Waals surface area contributed by atoms with Gasteiger partial charge in [-0.15, -0.1) is 0 Å². The molecule has 166 valence electrons. The number of anilines is 1. The number of carbonyl (C=O) groups is 1. The fraction of sp³-hybridized carbons (Fsp3) is 0.346. The summed E-state index contributed by atoms with van der Waals surface area (Å²) in [5.41, 5.74) is 4.55. The van der Waals surface area contributed by atoms with E-state index in [-0.39, 0.29) is 5.91 Å². The molecule has 0 bridgehead atoms. The third-order valence-electron chi connectivity index (χ3n) is 5.94. The summed E-state index contributed by atoms with van der Waals surface area (Å²) in [6, 6.07) is 9.47. The molecule has 0 atom stereocenters. The van der Waals surface area contributed by atoms with Gasteiger partial charge in [0.25, 0.3) is 0 Å². The molecule has 32 heavy (non-hydrogen) atoms. The van der Waals surface area contributed by atoms with Gasteiger partial charge in [0.15, 0.2) is 11.5 Å². The molecular formula is C26H27NO5. The van der Waals surface area contributed by atoms with E-state index in [0.29, 0.717) is 37.0 Å². The van der Waals surface area contributed by atoms with Gasteiger partial charge in [-0.2, -0.15) is 0 Å². The van der Waals surface area contributed by atoms with Crippen LogP contribution in [-0.4, -0.2) is 25.7 Å². The number of nitrogens with one attached hydrogen (secondary N) is 1. The van der Waals surface area contributed by atoms with Crippen molar-refractivity contribution in [1.82, 2.24) is 0 Å². The van der Waals surface area contributed by atoms with Crippen LogP contribution in [-0.2, 0) is 17.6 Å². The molecular weight excluding hydrogens is 406 g/mol. The number of benzene rings is 2. The van der Waals surface area contributed by atoms with Crippen molar-refractivity contribution in [3.8, 4) is 17.2 Å². The summed E-state index contributed by atoms with van der Waals surface area (Å²) in [4.78, 5) is 12.8. The van der Waals surface area contributed by atoms with Gasteiger partial charge < -0.3 is 23.9 Å². The number of rotatable bonds is 5. The van der Waals surface area contributed by atoms with Gasteiger partial charge in [0, 0.05) is 46.8 Å². The Hall–Kier alpha value is -3.41. The van der Waals surface area contributed by atoms with Crippen molar-refractivity contribution in [2.75, 3.05) is 25.1 Å². The predicted molar refractivity (Wildman–Crippen MR) is 124 cm³/mol. The maximum atomic E-state index is 12.8. The molecule has 2 heterocycles. The average Bonchev–Trinajstić information content (AvgIpc) is 3.16. The summed E-state index contributed by atoms with van der Waals surface area (Å²) in [7, 11) is 0. The molecule has 1 aliphatic heterocycles. The van der Waals surface area contributed by atoms with Crippen LogP contribution in [0.1, 0.15) is 43.6 Å². The Morgan fingerprint density at radius 1 is 1.09 bits per heavy atom. The Balaban J connectivity index is 1.44. The zero-order chi connectivity index (χ0) is 22.1. The monoisotopic (exact) mass is 433 g/mol. The highest BCUT2D eigenvalue weighted by atomic mass is 16.6. The first kappa shape index (κ1) is 20.5. The van der Waals surface area contributed by atoms with Gasteiger partial charge in [-0.3, -0.25) is 4.79 Å². The summed E-state index contributed by atoms with van der Waals surface area (Å²) >= 11 is 0. The number of hydrogen-bond acceptors (Lipinski definition) is 5. The highest BCUT2D eigenvalue weighted by Gasteiger charge is 2.20. The Bertz CT molecular complexity index is 1210. The first-order valence-corrected chi connectivity index (χ1v) is 11.2. The van der Waals surface area contributed by atoms with E-state index in [1.807, 2.05) is 32.0 Å². The lowest BCUT2D eigenvalue weighted by molar-refractivity contribution is -0.111. The smallest absolute Gasteiger partial charge is 0.248 e. The maximum Gasteiger partial charge on any atom is 0.248 e. The summed E-state index contributed by atoms with van der Waals surface area (Å²) in [5, 5.41) is 4.04. The molecule has 1 aromatic heterocycles. The number of hydrogen-bond donors (Lipinski definition) is 1. The summed E-state index contributed by atoms with van der Waals surface area (Å²) in [6.45, 7) is 5.46. The minimum Gasteiger partial charge on any atom is -0.493 e. The predicted octanol–water partition coefficient (Wildman–Crippen LogP) is 5.52. The zero-order valence-electron chi connectivity index (χ0n) is 18.5. The van der Waals surface area contributed by atoms with Crippen LogP contribution in [0, 0.1) is 0 Å². The van der Waals surface area contributed by atoms with Gasteiger partial charge in [0.2, 0.25) is 5.91 Å². The number of carbonyl (C=O) groups excluding carboxylic acids is 1. The number of aryl methyl sites for hydroxylation is 2. The van der Waals surface area contributed by atoms with Crippen molar-refractivity contribution < 1.29 is 23.4 Å². The number of fused-ring (bicyclic) bond motifs is 4. The Labute approximate surface area is 187 Å². The second-order valence-corrected chi connectivity index (χ2v) is 8.16. The van der Waals surface area contributed by atoms with Gasteiger partial charge in [-0.25, -0.2) is 0 Å². The van der Waals surface area contributed by atoms with Gasteiger partial charge in [0.05, 0.1) is 6.61 Å². The van der Waals surface area contributed by atoms with Gasteiger partial charge in [-0.05, 0) is 56.9 Å². The highest BCUT2D eigenvalue weighted by molar-refractivity contribution is 6.05. The summed E-state index contributed by atoms with van der Waals surface area (Å²) in [5.74, 6) is 2.94. The molecule has 0 saturated carbocycles. The molecule has 0 saturated heterocycles. The van der Waals surface area contributed by atoms with Crippen LogP contribution < -0.4 is 19.5 Å². The van der Waals surface area contributed by atoms with E-state index in [1.165, 1.54) is 12.0 Å². The Morgan fingerprint density at radius 2 is 1.91 bits per heavy atom. The van der Waals surface area contributed by atoms with E-state index in [2.05, 4.69) is 11.4 Å². The highest BCUT2D eigenvalue weighted by Crippen LogP contribution is 2.38. The van der Waals surface area contributed by atoms with Crippen LogP contribution in [0.15, 0.2) is 40.8 Å². The van der Waals surface area contributed by atoms with E-state index in [0.717, 1.165) is 52.9 Å². The Kier molecular flexibility index (Phi) is 5.52. The van der Waals surface area contributed by atoms with Crippen molar-refractivity contribution >= 4 is 28.1 Å². The minimum atomic E-state index is -0.212. The van der Waals surface area contributed by atoms with Crippen molar-refractivity contribution in [2.24, 2.45) is 0 Å². The molecule has 0 spiro atoms. The van der Waals surface area contributed by atoms with E-state index in [9.17, 15) is 4.79 Å². The fourth-order valence-electron chi connectivity index (χ4n) is 4.45. The van der Waals surface area contributed by atoms with Crippen LogP contribution in [0.4, 0.5) is 5.69 Å². The number of allylic oxidation sites excluding steroid dienone is 1. The van der Waals surface area contributed by atoms with Gasteiger partial charge in [-0.1, -0.05) is 0 Å². The molecule has 1 N–H and O–H groups in total. The second-order valence-electron chi connectivity index (χ2n) is 8.16. The lowest BCUT2D eigenvalue weighted by Crippen LogP contribution is -2.16. The molecule has 1 amide bonds. The molecule has 5 rings (SSSR count). The third kappa shape index (κ3) is 3.93. The quantitative estimate of drug-likeness (QED) is 0.536. The number of amides is 1. The molecule has 0 radical (unpaired) electrons. The van der Waals surface area contributed by atoms with Crippen LogP contribution >= 0.6 is 0 Å². The number of ether oxygens (including phenoxy) is 3. The summed E-state index contributed by atoms with van der Waals surface area (Å²) < 4.78 is 23.2. The normalized spacial score (nSPS) is 15.4. The topological polar surface area (TPSA) is 69.9 Å². The van der Waals surface area contributed by atoms with E-state index in [1.54, 1.807) is 12.1 Å². The van der Waals surface area contributed by atoms with Crippen LogP contribution in [0.3, 0.4) is 0 Å². The SMILES string of the molecule is CCOc1cc2oc3c(c2cc1/C(C)=C/C(=O)Nc1ccc2c(c1)OCCO2)CCCC3. The van der Waals surface area contributed by atoms with E-state index < -0.39 is 0 Å². The molecule has 0 unspecified atom stereocenters. The van der Waals surface area contributed by atoms with Crippen LogP contribution in [0.2, 0.25) is 0 Å². The average molecular weight is 434 g/mol. The van der Waals surface area contributed by atoms with Crippen LogP contribution in [0.5, 0.6) is 17.2 Å². The maximum absolute atomic E-state index is 12.8. The molecule has 1 aliphatic carbocycles. The van der Waals surface area contributed by atoms with E-state index in [4.69, 9.17) is 18.6 Å². The first-order chi connectivity index (χ1) is 15.6. The van der Waals surface area contributed by atoms with Crippen molar-refractivity contribution in [2.45, 2.75) is 39.5 Å². The number of furan rings is 1. The summed E-state index contributed by atoms with van der Waals surface area (Å²) in [6.07, 6.45) is 5.96. The first-order valence-electron chi connectivity index (χ1n) is 11.2. The molecule has 0 fully saturated rings. The van der Waals surface area contributed by atoms with Crippen molar-refractivity contribution in [3.63, 3.8) is 0 Å². The van der Waals surface area contributed by atoms with Crippen molar-refractivity contribution in [1.29, 1.82) is 0 Å². The van der Waals surface area contributed by atoms with Gasteiger partial charge in [0.1, 0.15) is 30.3 Å². The minimum absolute atomic E-state index is 0.212. The van der Waals surface area contributed by atoms with Crippen LogP contribution in [0.25, 0.3) is 16.5 Å². The van der Waals surface area contributed by atoms with E-state index >= 15 is 0 Å². The lowest BCUT2D eigenvalue weighted by atomic mass is 9.94. The van der Waals surface area contributed by atoms with Gasteiger partial charge >= 0.3 is 0 Å². The molecule has 2 aliphatic rings. The second kappa shape index (κ2) is 8.61. The fourth-order valence-corrected chi connectivity index (χ4v) is 4.45. The largest absolute Gasteiger partial charge is 0.493 e. The zero-order valence-corrected chi connectivity index (χ0v) is 18.5. The molecule has 3 aromatic rings. The standard InChI is InChI=1S/C26H27NO5/c1-3-29-23-15-24-20(18-6-4-5-7-21(18)32-24)14-19(23)16(2)12-26(28)27-17-8-9-22-25(13-17)31-11-10-30-22/h8-9,12-15H,3-7,10-11H2,1-2H3,(H,27,28)/b16-12+. The van der Waals surface area contributed by atoms with Crippen molar-refractivity contribution in [3.05, 3.63) is 53.3 Å².